The fourth-order valence-electron chi connectivity index (χ4n) is 1.58. The number of carbonyl (C=O) groups is 1. The van der Waals surface area contributed by atoms with Crippen LogP contribution in [0.5, 0.6) is 0 Å². The highest BCUT2D eigenvalue weighted by molar-refractivity contribution is 9.10. The van der Waals surface area contributed by atoms with Gasteiger partial charge in [-0.3, -0.25) is 0 Å². The van der Waals surface area contributed by atoms with Crippen LogP contribution in [-0.4, -0.2) is 11.1 Å². The standard InChI is InChI=1S/C13H12BrNO2S/c1-8-2-7-11(18-8)12(13(16)17)15-10-5-3-9(14)4-6-10/h2-7,12,15H,1H3,(H,16,17). The van der Waals surface area contributed by atoms with E-state index in [0.717, 1.165) is 19.9 Å². The van der Waals surface area contributed by atoms with Gasteiger partial charge in [-0.1, -0.05) is 15.9 Å². The molecular weight excluding hydrogens is 314 g/mol. The van der Waals surface area contributed by atoms with Crippen LogP contribution in [0.15, 0.2) is 40.9 Å². The van der Waals surface area contributed by atoms with E-state index >= 15 is 0 Å². The third-order valence-electron chi connectivity index (χ3n) is 2.45. The fraction of sp³-hybridized carbons (Fsp3) is 0.154. The molecule has 1 aromatic carbocycles. The van der Waals surface area contributed by atoms with Gasteiger partial charge in [-0.2, -0.15) is 0 Å². The Morgan fingerprint density at radius 2 is 1.94 bits per heavy atom. The number of carboxylic acid groups (broad SMARTS) is 1. The Kier molecular flexibility index (Phi) is 4.04. The summed E-state index contributed by atoms with van der Waals surface area (Å²) >= 11 is 4.84. The molecule has 0 radical (unpaired) electrons. The maximum atomic E-state index is 11.3. The second-order valence-corrected chi connectivity index (χ2v) is 6.11. The van der Waals surface area contributed by atoms with Crippen molar-refractivity contribution in [3.05, 3.63) is 50.6 Å². The summed E-state index contributed by atoms with van der Waals surface area (Å²) in [6.07, 6.45) is 0. The molecule has 3 nitrogen and oxygen atoms in total. The molecule has 2 rings (SSSR count). The van der Waals surface area contributed by atoms with Crippen LogP contribution in [0, 0.1) is 6.92 Å². The summed E-state index contributed by atoms with van der Waals surface area (Å²) in [7, 11) is 0. The summed E-state index contributed by atoms with van der Waals surface area (Å²) in [6, 6.07) is 10.5. The number of hydrogen-bond acceptors (Lipinski definition) is 3. The molecule has 0 fully saturated rings. The number of carboxylic acids is 1. The minimum Gasteiger partial charge on any atom is -0.479 e. The van der Waals surface area contributed by atoms with E-state index in [9.17, 15) is 9.90 Å². The van der Waals surface area contributed by atoms with E-state index in [0.29, 0.717) is 0 Å². The summed E-state index contributed by atoms with van der Waals surface area (Å²) < 4.78 is 0.965. The predicted molar refractivity (Wildman–Crippen MR) is 77.2 cm³/mol. The molecule has 0 aliphatic heterocycles. The molecule has 1 unspecified atom stereocenters. The van der Waals surface area contributed by atoms with Crippen LogP contribution in [-0.2, 0) is 4.79 Å². The summed E-state index contributed by atoms with van der Waals surface area (Å²) in [5.74, 6) is -0.875. The van der Waals surface area contributed by atoms with Gasteiger partial charge in [0.15, 0.2) is 6.04 Å². The van der Waals surface area contributed by atoms with Crippen molar-refractivity contribution >= 4 is 38.9 Å². The largest absolute Gasteiger partial charge is 0.479 e. The van der Waals surface area contributed by atoms with Crippen LogP contribution < -0.4 is 5.32 Å². The van der Waals surface area contributed by atoms with Gasteiger partial charge in [-0.25, -0.2) is 4.79 Å². The van der Waals surface area contributed by atoms with Gasteiger partial charge in [-0.05, 0) is 43.3 Å². The minimum atomic E-state index is -0.875. The highest BCUT2D eigenvalue weighted by Gasteiger charge is 2.21. The van der Waals surface area contributed by atoms with Crippen molar-refractivity contribution in [2.24, 2.45) is 0 Å². The zero-order chi connectivity index (χ0) is 13.1. The molecule has 0 aliphatic rings. The van der Waals surface area contributed by atoms with Crippen molar-refractivity contribution in [1.82, 2.24) is 0 Å². The third kappa shape index (κ3) is 3.11. The highest BCUT2D eigenvalue weighted by atomic mass is 79.9. The number of anilines is 1. The molecule has 0 aliphatic carbocycles. The molecule has 0 amide bonds. The molecule has 1 atom stereocenters. The van der Waals surface area contributed by atoms with E-state index in [1.165, 1.54) is 11.3 Å². The number of nitrogens with one attached hydrogen (secondary N) is 1. The fourth-order valence-corrected chi connectivity index (χ4v) is 2.76. The lowest BCUT2D eigenvalue weighted by Gasteiger charge is -2.14. The van der Waals surface area contributed by atoms with E-state index in [1.807, 2.05) is 43.3 Å². The molecule has 0 spiro atoms. The van der Waals surface area contributed by atoms with Gasteiger partial charge in [0.05, 0.1) is 0 Å². The molecule has 5 heteroatoms. The Bertz CT molecular complexity index is 550. The zero-order valence-corrected chi connectivity index (χ0v) is 12.1. The number of aryl methyl sites for hydroxylation is 1. The monoisotopic (exact) mass is 325 g/mol. The van der Waals surface area contributed by atoms with Crippen LogP contribution >= 0.6 is 27.3 Å². The molecule has 2 N–H and O–H groups in total. The molecule has 1 heterocycles. The second kappa shape index (κ2) is 5.54. The van der Waals surface area contributed by atoms with E-state index in [-0.39, 0.29) is 0 Å². The molecule has 18 heavy (non-hydrogen) atoms. The first-order valence-corrected chi connectivity index (χ1v) is 6.98. The number of aliphatic carboxylic acids is 1. The van der Waals surface area contributed by atoms with Gasteiger partial charge in [0, 0.05) is 19.9 Å². The Hall–Kier alpha value is -1.33. The normalized spacial score (nSPS) is 12.1. The van der Waals surface area contributed by atoms with Crippen molar-refractivity contribution in [2.75, 3.05) is 5.32 Å². The van der Waals surface area contributed by atoms with Crippen molar-refractivity contribution in [3.8, 4) is 0 Å². The lowest BCUT2D eigenvalue weighted by Crippen LogP contribution is -2.19. The quantitative estimate of drug-likeness (QED) is 0.891. The predicted octanol–water partition coefficient (Wildman–Crippen LogP) is 4.06. The van der Waals surface area contributed by atoms with E-state index in [2.05, 4.69) is 21.2 Å². The SMILES string of the molecule is Cc1ccc(C(Nc2ccc(Br)cc2)C(=O)O)s1. The molecule has 1 aromatic heterocycles. The van der Waals surface area contributed by atoms with E-state index in [4.69, 9.17) is 0 Å². The molecule has 0 saturated heterocycles. The Labute approximate surface area is 118 Å². The van der Waals surface area contributed by atoms with Gasteiger partial charge >= 0.3 is 5.97 Å². The Balaban J connectivity index is 2.22. The summed E-state index contributed by atoms with van der Waals surface area (Å²) in [6.45, 7) is 1.96. The van der Waals surface area contributed by atoms with Crippen LogP contribution in [0.3, 0.4) is 0 Å². The van der Waals surface area contributed by atoms with Gasteiger partial charge in [0.2, 0.25) is 0 Å². The van der Waals surface area contributed by atoms with E-state index in [1.54, 1.807) is 0 Å². The first kappa shape index (κ1) is 13.1. The van der Waals surface area contributed by atoms with Gasteiger partial charge in [0.1, 0.15) is 0 Å². The molecule has 0 bridgehead atoms. The van der Waals surface area contributed by atoms with Gasteiger partial charge in [0.25, 0.3) is 0 Å². The number of halogens is 1. The summed E-state index contributed by atoms with van der Waals surface area (Å²) in [4.78, 5) is 13.2. The van der Waals surface area contributed by atoms with Crippen LogP contribution in [0.2, 0.25) is 0 Å². The summed E-state index contributed by atoms with van der Waals surface area (Å²) in [5.41, 5.74) is 0.789. The van der Waals surface area contributed by atoms with Crippen LogP contribution in [0.4, 0.5) is 5.69 Å². The van der Waals surface area contributed by atoms with Crippen molar-refractivity contribution < 1.29 is 9.90 Å². The van der Waals surface area contributed by atoms with Crippen molar-refractivity contribution in [1.29, 1.82) is 0 Å². The van der Waals surface area contributed by atoms with Crippen molar-refractivity contribution in [3.63, 3.8) is 0 Å². The second-order valence-electron chi connectivity index (χ2n) is 3.87. The Morgan fingerprint density at radius 1 is 1.28 bits per heavy atom. The average molecular weight is 326 g/mol. The highest BCUT2D eigenvalue weighted by Crippen LogP contribution is 2.27. The maximum absolute atomic E-state index is 11.3. The number of hydrogen-bond donors (Lipinski definition) is 2. The first-order chi connectivity index (χ1) is 8.56. The third-order valence-corrected chi connectivity index (χ3v) is 4.04. The average Bonchev–Trinajstić information content (AvgIpc) is 2.74. The topological polar surface area (TPSA) is 49.3 Å². The number of rotatable bonds is 4. The summed E-state index contributed by atoms with van der Waals surface area (Å²) in [5, 5.41) is 12.3. The smallest absolute Gasteiger partial charge is 0.331 e. The van der Waals surface area contributed by atoms with Gasteiger partial charge in [-0.15, -0.1) is 11.3 Å². The lowest BCUT2D eigenvalue weighted by atomic mass is 10.2. The maximum Gasteiger partial charge on any atom is 0.331 e. The molecule has 94 valence electrons. The van der Waals surface area contributed by atoms with Gasteiger partial charge < -0.3 is 10.4 Å². The Morgan fingerprint density at radius 3 is 2.44 bits per heavy atom. The molecular formula is C13H12BrNO2S. The lowest BCUT2D eigenvalue weighted by molar-refractivity contribution is -0.138. The number of thiophene rings is 1. The zero-order valence-electron chi connectivity index (χ0n) is 9.68. The van der Waals surface area contributed by atoms with E-state index < -0.39 is 12.0 Å². The molecule has 2 aromatic rings. The van der Waals surface area contributed by atoms with Crippen LogP contribution in [0.25, 0.3) is 0 Å². The first-order valence-electron chi connectivity index (χ1n) is 5.37. The van der Waals surface area contributed by atoms with Crippen molar-refractivity contribution in [2.45, 2.75) is 13.0 Å². The van der Waals surface area contributed by atoms with Crippen LogP contribution in [0.1, 0.15) is 15.8 Å². The minimum absolute atomic E-state index is 0.704. The number of benzene rings is 1. The molecule has 0 saturated carbocycles.